The minimum atomic E-state index is -0.238. The van der Waals surface area contributed by atoms with E-state index >= 15 is 0 Å². The molecule has 110 valence electrons. The molecular weight excluding hydrogens is 253 g/mol. The molecular formula is C16H24FN3. The van der Waals surface area contributed by atoms with E-state index in [1.54, 1.807) is 12.1 Å². The Bertz CT molecular complexity index is 465. The van der Waals surface area contributed by atoms with Gasteiger partial charge in [0.05, 0.1) is 0 Å². The Morgan fingerprint density at radius 1 is 1.25 bits per heavy atom. The van der Waals surface area contributed by atoms with E-state index in [1.165, 1.54) is 25.3 Å². The minimum Gasteiger partial charge on any atom is -0.323 e. The second kappa shape index (κ2) is 5.80. The molecule has 1 aromatic rings. The lowest BCUT2D eigenvalue weighted by Crippen LogP contribution is -2.39. The normalized spacial score (nSPS) is 29.4. The lowest BCUT2D eigenvalue weighted by atomic mass is 10.0. The number of likely N-dealkylation sites (N-methyl/N-ethyl adjacent to an activating group) is 1. The molecule has 3 unspecified atom stereocenters. The molecule has 0 aromatic heterocycles. The highest BCUT2D eigenvalue weighted by Crippen LogP contribution is 2.29. The number of benzene rings is 1. The van der Waals surface area contributed by atoms with Crippen LogP contribution < -0.4 is 5.73 Å². The number of likely N-dealkylation sites (tertiary alicyclic amines) is 1. The van der Waals surface area contributed by atoms with Gasteiger partial charge in [-0.2, -0.15) is 0 Å². The summed E-state index contributed by atoms with van der Waals surface area (Å²) < 4.78 is 13.8. The van der Waals surface area contributed by atoms with E-state index in [0.29, 0.717) is 11.6 Å². The lowest BCUT2D eigenvalue weighted by molar-refractivity contribution is 0.211. The van der Waals surface area contributed by atoms with E-state index in [2.05, 4.69) is 16.8 Å². The minimum absolute atomic E-state index is 0.187. The number of nitrogens with zero attached hydrogens (tertiary/aromatic N) is 2. The summed E-state index contributed by atoms with van der Waals surface area (Å²) in [5, 5.41) is 0. The summed E-state index contributed by atoms with van der Waals surface area (Å²) in [7, 11) is 2.24. The monoisotopic (exact) mass is 277 g/mol. The molecule has 3 atom stereocenters. The molecule has 1 aromatic carbocycles. The molecule has 2 aliphatic heterocycles. The first kappa shape index (κ1) is 14.0. The third-order valence-electron chi connectivity index (χ3n) is 4.99. The molecule has 2 fully saturated rings. The zero-order valence-electron chi connectivity index (χ0n) is 12.1. The SMILES string of the molecule is CN1C2CCC1CN(CC(N)c1ccccc1F)CC2. The van der Waals surface area contributed by atoms with Gasteiger partial charge in [0.15, 0.2) is 0 Å². The average Bonchev–Trinajstić information content (AvgIpc) is 2.67. The van der Waals surface area contributed by atoms with Gasteiger partial charge in [-0.15, -0.1) is 0 Å². The third kappa shape index (κ3) is 2.73. The number of nitrogens with two attached hydrogens (primary N) is 1. The molecule has 0 spiro atoms. The van der Waals surface area contributed by atoms with Gasteiger partial charge in [-0.1, -0.05) is 18.2 Å². The van der Waals surface area contributed by atoms with Gasteiger partial charge in [0, 0.05) is 36.8 Å². The Morgan fingerprint density at radius 3 is 2.80 bits per heavy atom. The molecule has 2 saturated heterocycles. The van der Waals surface area contributed by atoms with Crippen LogP contribution in [0.25, 0.3) is 0 Å². The first-order valence-corrected chi connectivity index (χ1v) is 7.59. The van der Waals surface area contributed by atoms with Crippen molar-refractivity contribution < 1.29 is 4.39 Å². The second-order valence-electron chi connectivity index (χ2n) is 6.23. The maximum Gasteiger partial charge on any atom is 0.128 e. The zero-order valence-corrected chi connectivity index (χ0v) is 12.1. The van der Waals surface area contributed by atoms with Crippen LogP contribution in [0.1, 0.15) is 30.9 Å². The van der Waals surface area contributed by atoms with Crippen LogP contribution in [0.3, 0.4) is 0 Å². The molecule has 2 aliphatic rings. The molecule has 0 radical (unpaired) electrons. The second-order valence-corrected chi connectivity index (χ2v) is 6.23. The molecule has 20 heavy (non-hydrogen) atoms. The number of halogens is 1. The van der Waals surface area contributed by atoms with E-state index < -0.39 is 0 Å². The van der Waals surface area contributed by atoms with Gasteiger partial charge in [0.1, 0.15) is 5.82 Å². The van der Waals surface area contributed by atoms with Gasteiger partial charge in [0.25, 0.3) is 0 Å². The first-order valence-electron chi connectivity index (χ1n) is 7.59. The zero-order chi connectivity index (χ0) is 14.1. The van der Waals surface area contributed by atoms with Crippen molar-refractivity contribution in [1.82, 2.24) is 9.80 Å². The van der Waals surface area contributed by atoms with Crippen LogP contribution in [0, 0.1) is 5.82 Å². The molecule has 3 rings (SSSR count). The van der Waals surface area contributed by atoms with E-state index in [-0.39, 0.29) is 11.9 Å². The highest BCUT2D eigenvalue weighted by molar-refractivity contribution is 5.21. The van der Waals surface area contributed by atoms with Crippen molar-refractivity contribution in [3.8, 4) is 0 Å². The molecule has 0 aliphatic carbocycles. The Balaban J connectivity index is 1.65. The van der Waals surface area contributed by atoms with Crippen LogP contribution in [0.5, 0.6) is 0 Å². The Hall–Kier alpha value is -0.970. The molecule has 2 bridgehead atoms. The summed E-state index contributed by atoms with van der Waals surface area (Å²) in [6.45, 7) is 2.89. The quantitative estimate of drug-likeness (QED) is 0.917. The van der Waals surface area contributed by atoms with Gasteiger partial charge >= 0.3 is 0 Å². The molecule has 0 saturated carbocycles. The summed E-state index contributed by atoms with van der Waals surface area (Å²) in [6, 6.07) is 8.01. The van der Waals surface area contributed by atoms with Crippen molar-refractivity contribution in [3.05, 3.63) is 35.6 Å². The number of fused-ring (bicyclic) bond motifs is 2. The van der Waals surface area contributed by atoms with Crippen LogP contribution in [0.4, 0.5) is 4.39 Å². The topological polar surface area (TPSA) is 32.5 Å². The number of hydrogen-bond donors (Lipinski definition) is 1. The Labute approximate surface area is 120 Å². The van der Waals surface area contributed by atoms with Crippen molar-refractivity contribution in [3.63, 3.8) is 0 Å². The van der Waals surface area contributed by atoms with Crippen LogP contribution in [0.15, 0.2) is 24.3 Å². The summed E-state index contributed by atoms with van der Waals surface area (Å²) in [4.78, 5) is 4.94. The average molecular weight is 277 g/mol. The maximum absolute atomic E-state index is 13.8. The fourth-order valence-electron chi connectivity index (χ4n) is 3.70. The summed E-state index contributed by atoms with van der Waals surface area (Å²) in [6.07, 6.45) is 3.82. The fraction of sp³-hybridized carbons (Fsp3) is 0.625. The summed E-state index contributed by atoms with van der Waals surface area (Å²) >= 11 is 0. The standard InChI is InChI=1S/C16H24FN3/c1-19-12-6-7-13(19)10-20(9-8-12)11-16(18)14-4-2-3-5-15(14)17/h2-5,12-13,16H,6-11,18H2,1H3. The van der Waals surface area contributed by atoms with E-state index in [1.807, 2.05) is 6.07 Å². The van der Waals surface area contributed by atoms with Crippen LogP contribution in [0.2, 0.25) is 0 Å². The van der Waals surface area contributed by atoms with Crippen molar-refractivity contribution in [2.75, 3.05) is 26.7 Å². The van der Waals surface area contributed by atoms with Crippen molar-refractivity contribution in [2.24, 2.45) is 5.73 Å². The van der Waals surface area contributed by atoms with Crippen LogP contribution >= 0.6 is 0 Å². The van der Waals surface area contributed by atoms with Crippen LogP contribution in [-0.4, -0.2) is 48.6 Å². The molecule has 3 nitrogen and oxygen atoms in total. The van der Waals surface area contributed by atoms with Gasteiger partial charge < -0.3 is 5.73 Å². The molecule has 4 heteroatoms. The number of rotatable bonds is 3. The predicted molar refractivity (Wildman–Crippen MR) is 79.0 cm³/mol. The van der Waals surface area contributed by atoms with Gasteiger partial charge in [0.2, 0.25) is 0 Å². The van der Waals surface area contributed by atoms with Gasteiger partial charge in [-0.3, -0.25) is 9.80 Å². The highest BCUT2D eigenvalue weighted by Gasteiger charge is 2.34. The summed E-state index contributed by atoms with van der Waals surface area (Å²) in [5.41, 5.74) is 6.85. The Morgan fingerprint density at radius 2 is 2.00 bits per heavy atom. The van der Waals surface area contributed by atoms with Crippen molar-refractivity contribution in [1.29, 1.82) is 0 Å². The van der Waals surface area contributed by atoms with E-state index in [9.17, 15) is 4.39 Å². The first-order chi connectivity index (χ1) is 9.65. The van der Waals surface area contributed by atoms with Gasteiger partial charge in [-0.05, 0) is 38.9 Å². The van der Waals surface area contributed by atoms with Crippen molar-refractivity contribution >= 4 is 0 Å². The van der Waals surface area contributed by atoms with E-state index in [4.69, 9.17) is 5.73 Å². The molecule has 0 amide bonds. The Kier molecular flexibility index (Phi) is 4.06. The van der Waals surface area contributed by atoms with Crippen molar-refractivity contribution in [2.45, 2.75) is 37.4 Å². The van der Waals surface area contributed by atoms with Crippen LogP contribution in [-0.2, 0) is 0 Å². The lowest BCUT2D eigenvalue weighted by Gasteiger charge is -2.28. The predicted octanol–water partition coefficient (Wildman–Crippen LogP) is 1.99. The highest BCUT2D eigenvalue weighted by atomic mass is 19.1. The molecule has 2 N–H and O–H groups in total. The third-order valence-corrected chi connectivity index (χ3v) is 4.99. The summed E-state index contributed by atoms with van der Waals surface area (Å²) in [5.74, 6) is -0.187. The smallest absolute Gasteiger partial charge is 0.128 e. The molecule has 2 heterocycles. The fourth-order valence-corrected chi connectivity index (χ4v) is 3.70. The largest absolute Gasteiger partial charge is 0.323 e. The number of hydrogen-bond acceptors (Lipinski definition) is 3. The van der Waals surface area contributed by atoms with E-state index in [0.717, 1.165) is 25.7 Å². The maximum atomic E-state index is 13.8. The van der Waals surface area contributed by atoms with Gasteiger partial charge in [-0.25, -0.2) is 4.39 Å².